The van der Waals surface area contributed by atoms with E-state index in [4.69, 9.17) is 11.6 Å². The molecule has 0 bridgehead atoms. The molecular weight excluding hydrogens is 252 g/mol. The van der Waals surface area contributed by atoms with Crippen LogP contribution in [0.25, 0.3) is 11.1 Å². The highest BCUT2D eigenvalue weighted by atomic mass is 35.5. The average Bonchev–Trinajstić information content (AvgIpc) is 2.38. The van der Waals surface area contributed by atoms with Gasteiger partial charge in [-0.05, 0) is 17.7 Å². The molecule has 0 aliphatic heterocycles. The fraction of sp³-hybridized carbons (Fsp3) is 0.0769. The molecule has 90 valence electrons. The summed E-state index contributed by atoms with van der Waals surface area (Å²) in [6, 6.07) is 4.98. The normalized spacial score (nSPS) is 10.1. The fourth-order valence-electron chi connectivity index (χ4n) is 1.54. The number of halogens is 1. The summed E-state index contributed by atoms with van der Waals surface area (Å²) in [6.07, 6.45) is 3.75. The molecular formula is C13H9ClN2O2. The number of hydrogen-bond acceptors (Lipinski definition) is 4. The predicted molar refractivity (Wildman–Crippen MR) is 67.9 cm³/mol. The van der Waals surface area contributed by atoms with Crippen LogP contribution < -0.4 is 0 Å². The van der Waals surface area contributed by atoms with Gasteiger partial charge in [-0.25, -0.2) is 9.97 Å². The van der Waals surface area contributed by atoms with Crippen molar-refractivity contribution in [3.8, 4) is 11.1 Å². The lowest BCUT2D eigenvalue weighted by Crippen LogP contribution is -2.00. The van der Waals surface area contributed by atoms with Crippen LogP contribution in [0.3, 0.4) is 0 Å². The first-order chi connectivity index (χ1) is 8.61. The maximum Gasteiger partial charge on any atom is 0.196 e. The number of rotatable bonds is 3. The first-order valence-corrected chi connectivity index (χ1v) is 5.57. The summed E-state index contributed by atoms with van der Waals surface area (Å²) >= 11 is 5.82. The monoisotopic (exact) mass is 260 g/mol. The molecule has 0 saturated carbocycles. The highest BCUT2D eigenvalue weighted by molar-refractivity contribution is 6.31. The van der Waals surface area contributed by atoms with Crippen molar-refractivity contribution in [2.75, 3.05) is 0 Å². The topological polar surface area (TPSA) is 59.9 Å². The van der Waals surface area contributed by atoms with E-state index in [0.717, 1.165) is 6.29 Å². The van der Waals surface area contributed by atoms with Gasteiger partial charge in [0.2, 0.25) is 0 Å². The van der Waals surface area contributed by atoms with Gasteiger partial charge in [-0.3, -0.25) is 9.59 Å². The predicted octanol–water partition coefficient (Wildman–Crippen LogP) is 2.81. The number of carbonyl (C=O) groups is 2. The van der Waals surface area contributed by atoms with Crippen molar-refractivity contribution in [3.05, 3.63) is 47.0 Å². The molecule has 18 heavy (non-hydrogen) atoms. The molecule has 1 aromatic carbocycles. The van der Waals surface area contributed by atoms with Crippen LogP contribution in [0.4, 0.5) is 0 Å². The van der Waals surface area contributed by atoms with E-state index < -0.39 is 0 Å². The quantitative estimate of drug-likeness (QED) is 0.629. The molecule has 0 N–H and O–H groups in total. The third-order valence-corrected chi connectivity index (χ3v) is 2.65. The molecule has 2 aromatic rings. The number of Topliss-reactive ketones (excluding diaryl/α,β-unsaturated/α-hetero) is 1. The third-order valence-electron chi connectivity index (χ3n) is 2.42. The largest absolute Gasteiger partial charge is 0.298 e. The molecule has 2 rings (SSSR count). The molecule has 0 atom stereocenters. The lowest BCUT2D eigenvalue weighted by atomic mass is 10.0. The summed E-state index contributed by atoms with van der Waals surface area (Å²) in [6.45, 7) is 1.40. The zero-order chi connectivity index (χ0) is 13.1. The number of aldehydes is 1. The van der Waals surface area contributed by atoms with Crippen LogP contribution in [0.15, 0.2) is 30.6 Å². The van der Waals surface area contributed by atoms with Gasteiger partial charge in [0.15, 0.2) is 17.9 Å². The van der Waals surface area contributed by atoms with E-state index >= 15 is 0 Å². The van der Waals surface area contributed by atoms with Crippen LogP contribution in [0.1, 0.15) is 27.9 Å². The minimum absolute atomic E-state index is 0.153. The lowest BCUT2D eigenvalue weighted by Gasteiger charge is -2.05. The summed E-state index contributed by atoms with van der Waals surface area (Å²) < 4.78 is 0. The van der Waals surface area contributed by atoms with Gasteiger partial charge in [0, 0.05) is 35.5 Å². The van der Waals surface area contributed by atoms with Gasteiger partial charge in [-0.15, -0.1) is 0 Å². The maximum absolute atomic E-state index is 11.1. The van der Waals surface area contributed by atoms with Gasteiger partial charge >= 0.3 is 0 Å². The van der Waals surface area contributed by atoms with Crippen LogP contribution in [-0.2, 0) is 0 Å². The molecule has 0 fully saturated rings. The molecule has 0 amide bonds. The molecule has 1 heterocycles. The minimum atomic E-state index is -0.201. The Balaban J connectivity index is 2.48. The Hall–Kier alpha value is -2.07. The van der Waals surface area contributed by atoms with E-state index in [1.54, 1.807) is 18.2 Å². The van der Waals surface area contributed by atoms with Crippen LogP contribution in [0.5, 0.6) is 0 Å². The smallest absolute Gasteiger partial charge is 0.196 e. The Morgan fingerprint density at radius 3 is 2.50 bits per heavy atom. The van der Waals surface area contributed by atoms with Crippen LogP contribution in [0, 0.1) is 0 Å². The van der Waals surface area contributed by atoms with Crippen molar-refractivity contribution >= 4 is 23.7 Å². The van der Waals surface area contributed by atoms with E-state index in [0.29, 0.717) is 21.7 Å². The molecule has 0 unspecified atom stereocenters. The van der Waals surface area contributed by atoms with Crippen molar-refractivity contribution in [2.45, 2.75) is 6.92 Å². The average molecular weight is 261 g/mol. The summed E-state index contributed by atoms with van der Waals surface area (Å²) in [4.78, 5) is 29.9. The van der Waals surface area contributed by atoms with Gasteiger partial charge in [-0.2, -0.15) is 0 Å². The van der Waals surface area contributed by atoms with Crippen molar-refractivity contribution in [2.24, 2.45) is 0 Å². The van der Waals surface area contributed by atoms with E-state index in [-0.39, 0.29) is 11.6 Å². The number of ketones is 1. The first-order valence-electron chi connectivity index (χ1n) is 5.20. The standard InChI is InChI=1S/C13H9ClN2O2/c1-8(18)13-15-5-10(6-16-13)12-3-2-11(14)4-9(12)7-17/h2-7H,1H3. The zero-order valence-electron chi connectivity index (χ0n) is 9.55. The Bertz CT molecular complexity index is 609. The highest BCUT2D eigenvalue weighted by Crippen LogP contribution is 2.24. The van der Waals surface area contributed by atoms with Crippen molar-refractivity contribution in [1.82, 2.24) is 9.97 Å². The Kier molecular flexibility index (Phi) is 3.48. The van der Waals surface area contributed by atoms with Gasteiger partial charge < -0.3 is 0 Å². The van der Waals surface area contributed by atoms with Crippen LogP contribution in [-0.4, -0.2) is 22.0 Å². The van der Waals surface area contributed by atoms with Crippen molar-refractivity contribution < 1.29 is 9.59 Å². The Morgan fingerprint density at radius 1 is 1.28 bits per heavy atom. The van der Waals surface area contributed by atoms with Gasteiger partial charge in [0.05, 0.1) is 0 Å². The summed E-state index contributed by atoms with van der Waals surface area (Å²) in [5, 5.41) is 0.488. The van der Waals surface area contributed by atoms with E-state index in [2.05, 4.69) is 9.97 Å². The van der Waals surface area contributed by atoms with Crippen LogP contribution >= 0.6 is 11.6 Å². The molecule has 0 aliphatic carbocycles. The van der Waals surface area contributed by atoms with Gasteiger partial charge in [-0.1, -0.05) is 17.7 Å². The first kappa shape index (κ1) is 12.4. The van der Waals surface area contributed by atoms with E-state index in [1.807, 2.05) is 0 Å². The van der Waals surface area contributed by atoms with Gasteiger partial charge in [0.1, 0.15) is 0 Å². The van der Waals surface area contributed by atoms with Crippen molar-refractivity contribution in [3.63, 3.8) is 0 Å². The Labute approximate surface area is 109 Å². The molecule has 5 heteroatoms. The minimum Gasteiger partial charge on any atom is -0.298 e. The number of carbonyl (C=O) groups excluding carboxylic acids is 2. The zero-order valence-corrected chi connectivity index (χ0v) is 10.3. The fourth-order valence-corrected chi connectivity index (χ4v) is 1.72. The number of aromatic nitrogens is 2. The molecule has 0 aliphatic rings. The summed E-state index contributed by atoms with van der Waals surface area (Å²) in [7, 11) is 0. The molecule has 0 radical (unpaired) electrons. The third kappa shape index (κ3) is 2.43. The molecule has 0 spiro atoms. The number of benzene rings is 1. The second kappa shape index (κ2) is 5.06. The summed E-state index contributed by atoms with van der Waals surface area (Å²) in [5.41, 5.74) is 1.81. The maximum atomic E-state index is 11.1. The molecule has 0 saturated heterocycles. The Morgan fingerprint density at radius 2 is 1.94 bits per heavy atom. The molecule has 1 aromatic heterocycles. The number of hydrogen-bond donors (Lipinski definition) is 0. The van der Waals surface area contributed by atoms with Crippen molar-refractivity contribution in [1.29, 1.82) is 0 Å². The summed E-state index contributed by atoms with van der Waals surface area (Å²) in [5.74, 6) is -0.0476. The highest BCUT2D eigenvalue weighted by Gasteiger charge is 2.08. The second-order valence-electron chi connectivity index (χ2n) is 3.70. The van der Waals surface area contributed by atoms with Crippen LogP contribution in [0.2, 0.25) is 5.02 Å². The van der Waals surface area contributed by atoms with E-state index in [1.165, 1.54) is 19.3 Å². The number of nitrogens with zero attached hydrogens (tertiary/aromatic N) is 2. The molecule has 4 nitrogen and oxygen atoms in total. The van der Waals surface area contributed by atoms with E-state index in [9.17, 15) is 9.59 Å². The van der Waals surface area contributed by atoms with Gasteiger partial charge in [0.25, 0.3) is 0 Å². The second-order valence-corrected chi connectivity index (χ2v) is 4.14. The lowest BCUT2D eigenvalue weighted by molar-refractivity contribution is 0.100. The SMILES string of the molecule is CC(=O)c1ncc(-c2ccc(Cl)cc2C=O)cn1.